The Balaban J connectivity index is 2.13. The van der Waals surface area contributed by atoms with Crippen LogP contribution in [0.1, 0.15) is 18.1 Å². The topological polar surface area (TPSA) is 26.3 Å². The highest BCUT2D eigenvalue weighted by Crippen LogP contribution is 2.45. The van der Waals surface area contributed by atoms with Gasteiger partial charge in [-0.1, -0.05) is 13.0 Å². The molecule has 1 saturated carbocycles. The number of hydrogen-bond acceptors (Lipinski definition) is 3. The van der Waals surface area contributed by atoms with Crippen molar-refractivity contribution in [1.29, 1.82) is 0 Å². The number of Topliss-reactive ketones (excluding diaryl/α,β-unsaturated/α-hetero) is 1. The Hall–Kier alpha value is -1.01. The summed E-state index contributed by atoms with van der Waals surface area (Å²) >= 11 is 1.43. The summed E-state index contributed by atoms with van der Waals surface area (Å²) in [5.74, 6) is -3.49. The minimum absolute atomic E-state index is 0.342. The number of carbonyl (C=O) groups is 1. The van der Waals surface area contributed by atoms with Gasteiger partial charge in [-0.15, -0.1) is 11.8 Å². The van der Waals surface area contributed by atoms with Crippen LogP contribution < -0.4 is 0 Å². The molecule has 2 rings (SSSR count). The maximum Gasteiger partial charge on any atom is 0.401 e. The molecule has 23 heavy (non-hydrogen) atoms. The van der Waals surface area contributed by atoms with E-state index in [1.54, 1.807) is 6.92 Å². The Morgan fingerprint density at radius 3 is 2.35 bits per heavy atom. The molecule has 0 bridgehead atoms. The van der Waals surface area contributed by atoms with Crippen LogP contribution in [-0.4, -0.2) is 30.9 Å². The van der Waals surface area contributed by atoms with Crippen LogP contribution in [0.4, 0.5) is 13.2 Å². The van der Waals surface area contributed by atoms with Crippen molar-refractivity contribution in [2.24, 2.45) is 17.8 Å². The van der Waals surface area contributed by atoms with E-state index in [1.165, 1.54) is 18.9 Å². The SMILES string of the molecule is COC1C(C(F)(F)F)C(=O)[C@H](CSc2ccc(C)c(C)c2)[C@H]1C. The second-order valence-electron chi connectivity index (χ2n) is 6.14. The molecule has 1 aliphatic carbocycles. The fraction of sp³-hybridized carbons (Fsp3) is 0.588. The van der Waals surface area contributed by atoms with Crippen molar-refractivity contribution in [3.63, 3.8) is 0 Å². The fourth-order valence-electron chi connectivity index (χ4n) is 3.11. The zero-order valence-corrected chi connectivity index (χ0v) is 14.4. The molecule has 1 aliphatic rings. The van der Waals surface area contributed by atoms with Gasteiger partial charge in [0.25, 0.3) is 0 Å². The number of hydrogen-bond donors (Lipinski definition) is 0. The summed E-state index contributed by atoms with van der Waals surface area (Å²) < 4.78 is 44.4. The van der Waals surface area contributed by atoms with Crippen LogP contribution in [0.2, 0.25) is 0 Å². The van der Waals surface area contributed by atoms with Gasteiger partial charge in [0.2, 0.25) is 0 Å². The Bertz CT molecular complexity index is 586. The summed E-state index contributed by atoms with van der Waals surface area (Å²) in [6.07, 6.45) is -5.64. The number of alkyl halides is 3. The van der Waals surface area contributed by atoms with Gasteiger partial charge < -0.3 is 4.74 Å². The van der Waals surface area contributed by atoms with Crippen molar-refractivity contribution in [3.05, 3.63) is 29.3 Å². The molecule has 0 radical (unpaired) electrons. The molecule has 0 aliphatic heterocycles. The van der Waals surface area contributed by atoms with Gasteiger partial charge in [0.15, 0.2) is 5.78 Å². The molecule has 4 atom stereocenters. The van der Waals surface area contributed by atoms with Crippen LogP contribution in [0.15, 0.2) is 23.1 Å². The number of halogens is 3. The number of thioether (sulfide) groups is 1. The molecule has 0 spiro atoms. The molecule has 0 heterocycles. The lowest BCUT2D eigenvalue weighted by Gasteiger charge is -2.22. The quantitative estimate of drug-likeness (QED) is 0.755. The van der Waals surface area contributed by atoms with Gasteiger partial charge in [-0.25, -0.2) is 0 Å². The molecule has 1 fully saturated rings. The lowest BCUT2D eigenvalue weighted by Crippen LogP contribution is -2.37. The van der Waals surface area contributed by atoms with E-state index in [-0.39, 0.29) is 0 Å². The van der Waals surface area contributed by atoms with Crippen LogP contribution >= 0.6 is 11.8 Å². The lowest BCUT2D eigenvalue weighted by atomic mass is 9.98. The van der Waals surface area contributed by atoms with Crippen LogP contribution in [0.3, 0.4) is 0 Å². The Kier molecular flexibility index (Phi) is 5.46. The number of carbonyl (C=O) groups excluding carboxylic acids is 1. The number of ketones is 1. The zero-order chi connectivity index (χ0) is 17.4. The van der Waals surface area contributed by atoms with E-state index in [0.717, 1.165) is 16.0 Å². The third-order valence-electron chi connectivity index (χ3n) is 4.69. The molecule has 6 heteroatoms. The molecule has 0 saturated heterocycles. The third kappa shape index (κ3) is 3.74. The van der Waals surface area contributed by atoms with Crippen LogP contribution in [-0.2, 0) is 9.53 Å². The highest BCUT2D eigenvalue weighted by atomic mass is 32.2. The first kappa shape index (κ1) is 18.3. The van der Waals surface area contributed by atoms with Crippen molar-refractivity contribution in [2.45, 2.75) is 37.9 Å². The molecule has 2 nitrogen and oxygen atoms in total. The highest BCUT2D eigenvalue weighted by Gasteiger charge is 2.59. The predicted molar refractivity (Wildman–Crippen MR) is 84.6 cm³/mol. The van der Waals surface area contributed by atoms with E-state index in [9.17, 15) is 18.0 Å². The standard InChI is InChI=1S/C17H21F3O2S/c1-9-5-6-12(7-10(9)2)23-8-13-11(3)16(22-4)14(15(13)21)17(18,19)20/h5-7,11,13-14,16H,8H2,1-4H3/t11-,13-,14?,16?/m1/s1. The van der Waals surface area contributed by atoms with Gasteiger partial charge in [-0.05, 0) is 43.0 Å². The number of aryl methyl sites for hydroxylation is 2. The summed E-state index contributed by atoms with van der Waals surface area (Å²) in [5.41, 5.74) is 2.29. The average Bonchev–Trinajstić information content (AvgIpc) is 2.71. The van der Waals surface area contributed by atoms with E-state index in [0.29, 0.717) is 5.75 Å². The molecule has 2 unspecified atom stereocenters. The Morgan fingerprint density at radius 2 is 1.87 bits per heavy atom. The molecule has 0 N–H and O–H groups in total. The minimum Gasteiger partial charge on any atom is -0.380 e. The van der Waals surface area contributed by atoms with Gasteiger partial charge in [0.1, 0.15) is 5.92 Å². The van der Waals surface area contributed by atoms with Crippen LogP contribution in [0.5, 0.6) is 0 Å². The minimum atomic E-state index is -4.55. The van der Waals surface area contributed by atoms with Crippen LogP contribution in [0, 0.1) is 31.6 Å². The summed E-state index contributed by atoms with van der Waals surface area (Å²) in [5, 5.41) is 0. The number of benzene rings is 1. The van der Waals surface area contributed by atoms with E-state index in [2.05, 4.69) is 0 Å². The average molecular weight is 346 g/mol. The fourth-order valence-corrected chi connectivity index (χ4v) is 4.37. The van der Waals surface area contributed by atoms with Gasteiger partial charge in [-0.3, -0.25) is 4.79 Å². The molecule has 128 valence electrons. The number of methoxy groups -OCH3 is 1. The number of rotatable bonds is 4. The monoisotopic (exact) mass is 346 g/mol. The first-order valence-corrected chi connectivity index (χ1v) is 8.48. The molecular formula is C17H21F3O2S. The van der Waals surface area contributed by atoms with Crippen molar-refractivity contribution < 1.29 is 22.7 Å². The summed E-state index contributed by atoms with van der Waals surface area (Å²) in [6, 6.07) is 5.92. The molecule has 1 aromatic carbocycles. The van der Waals surface area contributed by atoms with E-state index < -0.39 is 35.8 Å². The lowest BCUT2D eigenvalue weighted by molar-refractivity contribution is -0.198. The first-order chi connectivity index (χ1) is 10.7. The molecule has 1 aromatic rings. The smallest absolute Gasteiger partial charge is 0.380 e. The van der Waals surface area contributed by atoms with Gasteiger partial charge in [-0.2, -0.15) is 13.2 Å². The van der Waals surface area contributed by atoms with E-state index in [1.807, 2.05) is 32.0 Å². The maximum absolute atomic E-state index is 13.1. The van der Waals surface area contributed by atoms with E-state index >= 15 is 0 Å². The first-order valence-electron chi connectivity index (χ1n) is 7.50. The maximum atomic E-state index is 13.1. The summed E-state index contributed by atoms with van der Waals surface area (Å²) in [6.45, 7) is 5.66. The normalized spacial score (nSPS) is 28.4. The molecule has 0 aromatic heterocycles. The van der Waals surface area contributed by atoms with Gasteiger partial charge in [0.05, 0.1) is 6.10 Å². The number of ether oxygens (including phenoxy) is 1. The third-order valence-corrected chi connectivity index (χ3v) is 5.80. The highest BCUT2D eigenvalue weighted by molar-refractivity contribution is 7.99. The predicted octanol–water partition coefficient (Wildman–Crippen LogP) is 4.42. The van der Waals surface area contributed by atoms with Crippen molar-refractivity contribution in [3.8, 4) is 0 Å². The molecular weight excluding hydrogens is 325 g/mol. The zero-order valence-electron chi connectivity index (χ0n) is 13.6. The Labute approximate surface area is 138 Å². The summed E-state index contributed by atoms with van der Waals surface area (Å²) in [4.78, 5) is 13.2. The van der Waals surface area contributed by atoms with E-state index in [4.69, 9.17) is 4.74 Å². The second-order valence-corrected chi connectivity index (χ2v) is 7.24. The Morgan fingerprint density at radius 1 is 1.22 bits per heavy atom. The van der Waals surface area contributed by atoms with Crippen molar-refractivity contribution in [2.75, 3.05) is 12.9 Å². The van der Waals surface area contributed by atoms with Gasteiger partial charge in [0, 0.05) is 23.7 Å². The van der Waals surface area contributed by atoms with Gasteiger partial charge >= 0.3 is 6.18 Å². The van der Waals surface area contributed by atoms with Crippen molar-refractivity contribution >= 4 is 17.5 Å². The second kappa shape index (κ2) is 6.85. The van der Waals surface area contributed by atoms with Crippen molar-refractivity contribution in [1.82, 2.24) is 0 Å². The van der Waals surface area contributed by atoms with Crippen LogP contribution in [0.25, 0.3) is 0 Å². The largest absolute Gasteiger partial charge is 0.401 e. The molecule has 0 amide bonds. The summed E-state index contributed by atoms with van der Waals surface area (Å²) in [7, 11) is 1.24.